The molecule has 2 aromatic rings. The fraction of sp³-hybridized carbons (Fsp3) is 0.542. The number of aromatic nitrogens is 3. The van der Waals surface area contributed by atoms with Gasteiger partial charge in [-0.3, -0.25) is 9.69 Å². The SMILES string of the molecule is COC1C=CC(c2cc(CN3CC(F)(F)C3)c3c(N)ncnn23)=CN1[C@@H]1CN(C(=O)C(C)(O)C(F)(F)F)C[C@@H]1F. The molecular formula is C24H27F6N7O3. The van der Waals surface area contributed by atoms with Crippen molar-refractivity contribution in [2.24, 2.45) is 0 Å². The van der Waals surface area contributed by atoms with E-state index in [1.807, 2.05) is 0 Å². The lowest BCUT2D eigenvalue weighted by atomic mass is 10.0. The molecule has 3 N–H and O–H groups in total. The number of allylic oxidation sites excluding steroid dienone is 2. The minimum absolute atomic E-state index is 0.126. The van der Waals surface area contributed by atoms with Crippen molar-refractivity contribution < 1.29 is 41.0 Å². The van der Waals surface area contributed by atoms with Gasteiger partial charge in [0.25, 0.3) is 11.8 Å². The summed E-state index contributed by atoms with van der Waals surface area (Å²) < 4.78 is 88.7. The van der Waals surface area contributed by atoms with E-state index in [1.165, 1.54) is 34.0 Å². The van der Waals surface area contributed by atoms with E-state index in [1.54, 1.807) is 18.2 Å². The van der Waals surface area contributed by atoms with Crippen molar-refractivity contribution in [1.29, 1.82) is 0 Å². The first kappa shape index (κ1) is 28.2. The predicted octanol–water partition coefficient (Wildman–Crippen LogP) is 1.81. The lowest BCUT2D eigenvalue weighted by Crippen LogP contribution is -2.56. The maximum Gasteiger partial charge on any atom is 0.426 e. The Morgan fingerprint density at radius 1 is 1.27 bits per heavy atom. The van der Waals surface area contributed by atoms with Crippen molar-refractivity contribution in [1.82, 2.24) is 29.3 Å². The normalized spacial score (nSPS) is 26.6. The molecule has 0 aliphatic carbocycles. The molecule has 5 rings (SSSR count). The number of carbonyl (C=O) groups excluding carboxylic acids is 1. The molecule has 4 atom stereocenters. The zero-order valence-electron chi connectivity index (χ0n) is 21.4. The first-order valence-electron chi connectivity index (χ1n) is 12.3. The van der Waals surface area contributed by atoms with Crippen LogP contribution in [0.25, 0.3) is 11.1 Å². The number of hydrogen-bond acceptors (Lipinski definition) is 8. The van der Waals surface area contributed by atoms with E-state index in [9.17, 15) is 31.9 Å². The van der Waals surface area contributed by atoms with Crippen molar-refractivity contribution in [3.8, 4) is 0 Å². The van der Waals surface area contributed by atoms with Crippen LogP contribution < -0.4 is 5.73 Å². The monoisotopic (exact) mass is 575 g/mol. The van der Waals surface area contributed by atoms with Gasteiger partial charge in [-0.25, -0.2) is 22.7 Å². The number of nitrogens with zero attached hydrogens (tertiary/aromatic N) is 6. The quantitative estimate of drug-likeness (QED) is 0.502. The van der Waals surface area contributed by atoms with Crippen molar-refractivity contribution >= 4 is 22.8 Å². The Kier molecular flexibility index (Phi) is 6.78. The zero-order valence-corrected chi connectivity index (χ0v) is 21.4. The molecule has 2 unspecified atom stereocenters. The van der Waals surface area contributed by atoms with Crippen LogP contribution in [0.3, 0.4) is 0 Å². The summed E-state index contributed by atoms with van der Waals surface area (Å²) >= 11 is 0. The molecule has 16 heteroatoms. The molecule has 2 aromatic heterocycles. The van der Waals surface area contributed by atoms with Gasteiger partial charge in [0, 0.05) is 32.0 Å². The Morgan fingerprint density at radius 2 is 1.98 bits per heavy atom. The molecule has 1 amide bonds. The molecule has 218 valence electrons. The number of amides is 1. The van der Waals surface area contributed by atoms with Gasteiger partial charge in [0.05, 0.1) is 31.4 Å². The number of fused-ring (bicyclic) bond motifs is 1. The van der Waals surface area contributed by atoms with Crippen LogP contribution in [0.2, 0.25) is 0 Å². The molecule has 0 saturated carbocycles. The maximum absolute atomic E-state index is 15.3. The number of carbonyl (C=O) groups is 1. The van der Waals surface area contributed by atoms with Gasteiger partial charge in [0.15, 0.2) is 5.82 Å². The van der Waals surface area contributed by atoms with Crippen molar-refractivity contribution in [3.63, 3.8) is 0 Å². The van der Waals surface area contributed by atoms with E-state index in [4.69, 9.17) is 10.5 Å². The number of nitrogen functional groups attached to an aromatic ring is 1. The van der Waals surface area contributed by atoms with Crippen LogP contribution in [-0.4, -0.2) is 110 Å². The largest absolute Gasteiger partial charge is 0.426 e. The third-order valence-corrected chi connectivity index (χ3v) is 7.38. The van der Waals surface area contributed by atoms with Crippen LogP contribution >= 0.6 is 0 Å². The second-order valence-electron chi connectivity index (χ2n) is 10.3. The molecular weight excluding hydrogens is 548 g/mol. The number of anilines is 1. The smallest absolute Gasteiger partial charge is 0.382 e. The number of halogens is 6. The van der Waals surface area contributed by atoms with Crippen LogP contribution in [0.15, 0.2) is 30.7 Å². The first-order valence-corrected chi connectivity index (χ1v) is 12.3. The summed E-state index contributed by atoms with van der Waals surface area (Å²) in [6.45, 7) is -1.42. The highest BCUT2D eigenvalue weighted by Crippen LogP contribution is 2.36. The number of alkyl halides is 6. The van der Waals surface area contributed by atoms with Gasteiger partial charge in [-0.1, -0.05) is 6.08 Å². The average Bonchev–Trinajstić information content (AvgIpc) is 3.42. The Balaban J connectivity index is 1.46. The number of ether oxygens (including phenoxy) is 1. The Bertz CT molecular complexity index is 1370. The van der Waals surface area contributed by atoms with Gasteiger partial charge in [0.1, 0.15) is 24.2 Å². The van der Waals surface area contributed by atoms with E-state index in [0.29, 0.717) is 34.2 Å². The average molecular weight is 576 g/mol. The van der Waals surface area contributed by atoms with Crippen molar-refractivity contribution in [3.05, 3.63) is 42.0 Å². The molecule has 2 fully saturated rings. The predicted molar refractivity (Wildman–Crippen MR) is 129 cm³/mol. The van der Waals surface area contributed by atoms with Gasteiger partial charge < -0.3 is 25.4 Å². The van der Waals surface area contributed by atoms with Crippen molar-refractivity contribution in [2.45, 2.75) is 49.6 Å². The molecule has 0 bridgehead atoms. The molecule has 40 heavy (non-hydrogen) atoms. The minimum atomic E-state index is -5.24. The van der Waals surface area contributed by atoms with E-state index >= 15 is 4.39 Å². The highest BCUT2D eigenvalue weighted by Gasteiger charge is 2.58. The topological polar surface area (TPSA) is 112 Å². The van der Waals surface area contributed by atoms with Crippen LogP contribution in [0.1, 0.15) is 18.2 Å². The van der Waals surface area contributed by atoms with E-state index in [-0.39, 0.29) is 12.4 Å². The highest BCUT2D eigenvalue weighted by molar-refractivity contribution is 5.86. The summed E-state index contributed by atoms with van der Waals surface area (Å²) in [7, 11) is 1.36. The molecule has 0 spiro atoms. The summed E-state index contributed by atoms with van der Waals surface area (Å²) in [5, 5.41) is 14.1. The van der Waals surface area contributed by atoms with Gasteiger partial charge in [0.2, 0.25) is 5.60 Å². The molecule has 10 nitrogen and oxygen atoms in total. The summed E-state index contributed by atoms with van der Waals surface area (Å²) in [6.07, 6.45) is -1.81. The third kappa shape index (κ3) is 4.77. The third-order valence-electron chi connectivity index (χ3n) is 7.38. The lowest BCUT2D eigenvalue weighted by Gasteiger charge is -2.38. The summed E-state index contributed by atoms with van der Waals surface area (Å²) in [4.78, 5) is 20.1. The molecule has 5 heterocycles. The van der Waals surface area contributed by atoms with Gasteiger partial charge in [-0.2, -0.15) is 18.3 Å². The second-order valence-corrected chi connectivity index (χ2v) is 10.3. The fourth-order valence-electron chi connectivity index (χ4n) is 5.25. The summed E-state index contributed by atoms with van der Waals surface area (Å²) in [5.41, 5.74) is 4.39. The Morgan fingerprint density at radius 3 is 2.60 bits per heavy atom. The maximum atomic E-state index is 15.3. The first-order chi connectivity index (χ1) is 18.6. The number of methoxy groups -OCH3 is 1. The van der Waals surface area contributed by atoms with Gasteiger partial charge in [-0.05, 0) is 24.6 Å². The van der Waals surface area contributed by atoms with E-state index in [0.717, 1.165) is 0 Å². The highest BCUT2D eigenvalue weighted by atomic mass is 19.4. The number of nitrogens with two attached hydrogens (primary N) is 1. The molecule has 0 radical (unpaired) electrons. The second kappa shape index (κ2) is 9.62. The zero-order chi connectivity index (χ0) is 29.2. The number of aliphatic hydroxyl groups is 1. The van der Waals surface area contributed by atoms with Crippen LogP contribution in [-0.2, 0) is 16.1 Å². The van der Waals surface area contributed by atoms with Crippen LogP contribution in [0, 0.1) is 0 Å². The summed E-state index contributed by atoms with van der Waals surface area (Å²) in [5.74, 6) is -4.29. The molecule has 2 saturated heterocycles. The Labute approximate surface area is 224 Å². The van der Waals surface area contributed by atoms with Gasteiger partial charge >= 0.3 is 6.18 Å². The van der Waals surface area contributed by atoms with Crippen LogP contribution in [0.4, 0.5) is 32.2 Å². The summed E-state index contributed by atoms with van der Waals surface area (Å²) in [6, 6.07) is 0.600. The molecule has 3 aliphatic heterocycles. The van der Waals surface area contributed by atoms with Crippen molar-refractivity contribution in [2.75, 3.05) is 39.0 Å². The number of likely N-dealkylation sites (tertiary alicyclic amines) is 2. The minimum Gasteiger partial charge on any atom is -0.382 e. The van der Waals surface area contributed by atoms with Crippen LogP contribution in [0.5, 0.6) is 0 Å². The number of hydrogen-bond donors (Lipinski definition) is 2. The number of rotatable bonds is 6. The molecule has 0 aromatic carbocycles. The molecule has 3 aliphatic rings. The van der Waals surface area contributed by atoms with Gasteiger partial charge in [-0.15, -0.1) is 0 Å². The lowest BCUT2D eigenvalue weighted by molar-refractivity contribution is -0.249. The fourth-order valence-corrected chi connectivity index (χ4v) is 5.25. The van der Waals surface area contributed by atoms with E-state index in [2.05, 4.69) is 10.1 Å². The standard InChI is InChI=1S/C24H27F6N7O3/c1-22(39,24(28,29)30)21(38)35-8-15(25)17(9-35)36-7-13(3-4-18(36)40-2)16-5-14(6-34-10-23(26,27)11-34)19-20(31)32-12-33-37(16)19/h3-5,7,12,15,17-18,39H,6,8-11H2,1-2H3,(H2,31,32,33)/t15-,17+,18?,22?/m0/s1. The van der Waals surface area contributed by atoms with E-state index < -0.39 is 68.2 Å². The Hall–Kier alpha value is -3.37.